The predicted molar refractivity (Wildman–Crippen MR) is 87.8 cm³/mol. The van der Waals surface area contributed by atoms with Crippen molar-refractivity contribution in [2.24, 2.45) is 5.92 Å². The van der Waals surface area contributed by atoms with Crippen LogP contribution in [0.2, 0.25) is 0 Å². The van der Waals surface area contributed by atoms with Gasteiger partial charge < -0.3 is 9.47 Å². The molecule has 0 unspecified atom stereocenters. The predicted octanol–water partition coefficient (Wildman–Crippen LogP) is 4.63. The average Bonchev–Trinajstić information content (AvgIpc) is 2.54. The summed E-state index contributed by atoms with van der Waals surface area (Å²) >= 11 is 0. The second-order valence-electron chi connectivity index (χ2n) is 6.57. The van der Waals surface area contributed by atoms with Gasteiger partial charge in [-0.15, -0.1) is 0 Å². The molecule has 0 aromatic heterocycles. The van der Waals surface area contributed by atoms with Crippen LogP contribution < -0.4 is 4.74 Å². The van der Waals surface area contributed by atoms with Gasteiger partial charge >= 0.3 is 0 Å². The standard InChI is InChI=1S/C20H20O2/c1-20(2)12-16-15-10-6-7-11-18(15)21-13-17(16)19(22-20)14-8-4-3-5-9-14/h3-12,17,19H,13H2,1-2H3/t17-,19+/m0/s1. The monoisotopic (exact) mass is 292 g/mol. The van der Waals surface area contributed by atoms with E-state index in [4.69, 9.17) is 9.47 Å². The number of hydrogen-bond acceptors (Lipinski definition) is 2. The van der Waals surface area contributed by atoms with E-state index in [0.717, 1.165) is 5.75 Å². The zero-order chi connectivity index (χ0) is 15.2. The number of rotatable bonds is 1. The average molecular weight is 292 g/mol. The van der Waals surface area contributed by atoms with Crippen LogP contribution in [0.15, 0.2) is 60.7 Å². The normalized spacial score (nSPS) is 25.5. The molecule has 0 fully saturated rings. The molecule has 2 aromatic carbocycles. The summed E-state index contributed by atoms with van der Waals surface area (Å²) in [4.78, 5) is 0. The number of benzene rings is 2. The molecule has 2 nitrogen and oxygen atoms in total. The van der Waals surface area contributed by atoms with Crippen LogP contribution in [0.1, 0.15) is 31.1 Å². The van der Waals surface area contributed by atoms with Crippen LogP contribution in [0, 0.1) is 5.92 Å². The van der Waals surface area contributed by atoms with Crippen molar-refractivity contribution in [1.82, 2.24) is 0 Å². The Balaban J connectivity index is 1.83. The molecule has 2 aromatic rings. The molecule has 0 spiro atoms. The van der Waals surface area contributed by atoms with Crippen molar-refractivity contribution in [3.63, 3.8) is 0 Å². The van der Waals surface area contributed by atoms with E-state index >= 15 is 0 Å². The van der Waals surface area contributed by atoms with E-state index < -0.39 is 0 Å². The Morgan fingerprint density at radius 1 is 0.955 bits per heavy atom. The van der Waals surface area contributed by atoms with Gasteiger partial charge in [-0.25, -0.2) is 0 Å². The van der Waals surface area contributed by atoms with E-state index in [1.54, 1.807) is 0 Å². The molecule has 2 aliphatic heterocycles. The van der Waals surface area contributed by atoms with Crippen LogP contribution in [0.4, 0.5) is 0 Å². The summed E-state index contributed by atoms with van der Waals surface area (Å²) in [6.45, 7) is 4.92. The number of para-hydroxylation sites is 1. The molecule has 0 radical (unpaired) electrons. The maximum absolute atomic E-state index is 6.39. The van der Waals surface area contributed by atoms with E-state index in [0.29, 0.717) is 6.61 Å². The first-order chi connectivity index (χ1) is 10.6. The summed E-state index contributed by atoms with van der Waals surface area (Å²) < 4.78 is 12.4. The van der Waals surface area contributed by atoms with Crippen LogP contribution in [-0.4, -0.2) is 12.2 Å². The highest BCUT2D eigenvalue weighted by molar-refractivity contribution is 5.75. The zero-order valence-electron chi connectivity index (χ0n) is 13.0. The minimum Gasteiger partial charge on any atom is -0.492 e. The smallest absolute Gasteiger partial charge is 0.126 e. The zero-order valence-corrected chi connectivity index (χ0v) is 13.0. The van der Waals surface area contributed by atoms with E-state index in [2.05, 4.69) is 56.3 Å². The van der Waals surface area contributed by atoms with Gasteiger partial charge in [-0.05, 0) is 37.1 Å². The van der Waals surface area contributed by atoms with Gasteiger partial charge in [-0.2, -0.15) is 0 Å². The topological polar surface area (TPSA) is 18.5 Å². The van der Waals surface area contributed by atoms with Crippen LogP contribution in [-0.2, 0) is 4.74 Å². The molecule has 0 N–H and O–H groups in total. The SMILES string of the molecule is CC1(C)C=C2c3ccccc3OC[C@@H]2[C@@H](c2ccccc2)O1. The molecule has 0 aliphatic carbocycles. The maximum atomic E-state index is 6.39. The molecule has 2 heteroatoms. The van der Waals surface area contributed by atoms with Crippen molar-refractivity contribution in [2.45, 2.75) is 25.6 Å². The van der Waals surface area contributed by atoms with Crippen molar-refractivity contribution in [3.05, 3.63) is 71.8 Å². The minimum atomic E-state index is -0.281. The molecular formula is C20H20O2. The van der Waals surface area contributed by atoms with Crippen LogP contribution >= 0.6 is 0 Å². The second kappa shape index (κ2) is 4.99. The Bertz CT molecular complexity index is 715. The Hall–Kier alpha value is -2.06. The number of hydrogen-bond donors (Lipinski definition) is 0. The lowest BCUT2D eigenvalue weighted by molar-refractivity contribution is -0.0778. The Morgan fingerprint density at radius 2 is 1.68 bits per heavy atom. The van der Waals surface area contributed by atoms with Gasteiger partial charge in [0.15, 0.2) is 0 Å². The molecule has 112 valence electrons. The van der Waals surface area contributed by atoms with Crippen molar-refractivity contribution in [1.29, 1.82) is 0 Å². The Kier molecular flexibility index (Phi) is 3.08. The maximum Gasteiger partial charge on any atom is 0.126 e. The van der Waals surface area contributed by atoms with Gasteiger partial charge in [0.2, 0.25) is 0 Å². The van der Waals surface area contributed by atoms with Crippen molar-refractivity contribution >= 4 is 5.57 Å². The summed E-state index contributed by atoms with van der Waals surface area (Å²) in [5.41, 5.74) is 3.49. The highest BCUT2D eigenvalue weighted by Gasteiger charge is 2.40. The fraction of sp³-hybridized carbons (Fsp3) is 0.300. The van der Waals surface area contributed by atoms with E-state index in [1.807, 2.05) is 18.2 Å². The molecule has 0 bridgehead atoms. The van der Waals surface area contributed by atoms with E-state index in [9.17, 15) is 0 Å². The molecule has 2 heterocycles. The molecular weight excluding hydrogens is 272 g/mol. The second-order valence-corrected chi connectivity index (χ2v) is 6.57. The van der Waals surface area contributed by atoms with Gasteiger partial charge in [0.1, 0.15) is 5.75 Å². The first-order valence-electron chi connectivity index (χ1n) is 7.82. The molecule has 2 aliphatic rings. The summed E-state index contributed by atoms with van der Waals surface area (Å²) in [6.07, 6.45) is 2.29. The first-order valence-corrected chi connectivity index (χ1v) is 7.82. The highest BCUT2D eigenvalue weighted by atomic mass is 16.5. The van der Waals surface area contributed by atoms with E-state index in [-0.39, 0.29) is 17.6 Å². The first kappa shape index (κ1) is 13.6. The highest BCUT2D eigenvalue weighted by Crippen LogP contribution is 2.48. The quantitative estimate of drug-likeness (QED) is 0.763. The summed E-state index contributed by atoms with van der Waals surface area (Å²) in [6, 6.07) is 18.8. The van der Waals surface area contributed by atoms with Crippen molar-refractivity contribution < 1.29 is 9.47 Å². The van der Waals surface area contributed by atoms with Crippen molar-refractivity contribution in [2.75, 3.05) is 6.61 Å². The number of fused-ring (bicyclic) bond motifs is 3. The molecule has 4 rings (SSSR count). The summed E-state index contributed by atoms with van der Waals surface area (Å²) in [5.74, 6) is 1.22. The fourth-order valence-corrected chi connectivity index (χ4v) is 3.50. The fourth-order valence-electron chi connectivity index (χ4n) is 3.50. The molecule has 0 saturated heterocycles. The van der Waals surface area contributed by atoms with Gasteiger partial charge in [0.05, 0.1) is 18.3 Å². The Morgan fingerprint density at radius 3 is 2.50 bits per heavy atom. The summed E-state index contributed by atoms with van der Waals surface area (Å²) in [5, 5.41) is 0. The molecule has 22 heavy (non-hydrogen) atoms. The van der Waals surface area contributed by atoms with E-state index in [1.165, 1.54) is 16.7 Å². The lowest BCUT2D eigenvalue weighted by atomic mass is 9.79. The van der Waals surface area contributed by atoms with Crippen LogP contribution in [0.5, 0.6) is 5.75 Å². The number of ether oxygens (including phenoxy) is 2. The lowest BCUT2D eigenvalue weighted by Crippen LogP contribution is -2.38. The van der Waals surface area contributed by atoms with Crippen molar-refractivity contribution in [3.8, 4) is 5.75 Å². The van der Waals surface area contributed by atoms with Gasteiger partial charge in [0, 0.05) is 11.5 Å². The molecule has 2 atom stereocenters. The van der Waals surface area contributed by atoms with Gasteiger partial charge in [-0.3, -0.25) is 0 Å². The Labute approximate surface area is 131 Å². The van der Waals surface area contributed by atoms with Crippen LogP contribution in [0.25, 0.3) is 5.57 Å². The van der Waals surface area contributed by atoms with Gasteiger partial charge in [0.25, 0.3) is 0 Å². The molecule has 0 amide bonds. The van der Waals surface area contributed by atoms with Crippen LogP contribution in [0.3, 0.4) is 0 Å². The lowest BCUT2D eigenvalue weighted by Gasteiger charge is -2.43. The molecule has 0 saturated carbocycles. The summed E-state index contributed by atoms with van der Waals surface area (Å²) in [7, 11) is 0. The third-order valence-electron chi connectivity index (χ3n) is 4.44. The minimum absolute atomic E-state index is 0.0320. The largest absolute Gasteiger partial charge is 0.492 e. The van der Waals surface area contributed by atoms with Gasteiger partial charge in [-0.1, -0.05) is 48.5 Å². The third kappa shape index (κ3) is 2.24. The third-order valence-corrected chi connectivity index (χ3v) is 4.44.